The molecule has 0 saturated carbocycles. The maximum absolute atomic E-state index is 11.0. The zero-order chi connectivity index (χ0) is 14.4. The summed E-state index contributed by atoms with van der Waals surface area (Å²) in [5.41, 5.74) is 1.44. The number of hydrogen-bond donors (Lipinski definition) is 1. The Balaban J connectivity index is 2.06. The first-order chi connectivity index (χ1) is 9.72. The van der Waals surface area contributed by atoms with E-state index >= 15 is 0 Å². The summed E-state index contributed by atoms with van der Waals surface area (Å²) >= 11 is 0. The summed E-state index contributed by atoms with van der Waals surface area (Å²) in [6.07, 6.45) is 0.363. The summed E-state index contributed by atoms with van der Waals surface area (Å²) in [6, 6.07) is 9.01. The lowest BCUT2D eigenvalue weighted by Gasteiger charge is -2.04. The Morgan fingerprint density at radius 1 is 1.35 bits per heavy atom. The largest absolute Gasteiger partial charge is 0.494 e. The third kappa shape index (κ3) is 3.50. The van der Waals surface area contributed by atoms with Crippen molar-refractivity contribution in [1.29, 1.82) is 0 Å². The van der Waals surface area contributed by atoms with Crippen molar-refractivity contribution < 1.29 is 18.8 Å². The first-order valence-electron chi connectivity index (χ1n) is 6.32. The van der Waals surface area contributed by atoms with Crippen LogP contribution in [0.1, 0.15) is 13.3 Å². The standard InChI is InChI=1S/C14H16N2O4/c1-3-8-18-11-6-4-10(5-7-11)12-9-13(20-16-12)19-14(17)15-2/h4-7,9H,3,8H2,1-2H3,(H,15,17). The molecule has 20 heavy (non-hydrogen) atoms. The molecular weight excluding hydrogens is 260 g/mol. The van der Waals surface area contributed by atoms with Gasteiger partial charge in [0, 0.05) is 12.6 Å². The molecule has 6 nitrogen and oxygen atoms in total. The Kier molecular flexibility index (Phi) is 4.60. The van der Waals surface area contributed by atoms with Gasteiger partial charge in [0.15, 0.2) is 0 Å². The number of rotatable bonds is 5. The van der Waals surface area contributed by atoms with Crippen molar-refractivity contribution in [2.75, 3.05) is 13.7 Å². The monoisotopic (exact) mass is 276 g/mol. The van der Waals surface area contributed by atoms with Crippen LogP contribution in [0.25, 0.3) is 11.3 Å². The molecule has 1 amide bonds. The van der Waals surface area contributed by atoms with Gasteiger partial charge in [-0.25, -0.2) is 4.79 Å². The normalized spacial score (nSPS) is 10.1. The van der Waals surface area contributed by atoms with Crippen LogP contribution in [0.4, 0.5) is 4.79 Å². The number of carbonyl (C=O) groups is 1. The summed E-state index contributed by atoms with van der Waals surface area (Å²) in [6.45, 7) is 2.74. The van der Waals surface area contributed by atoms with Crippen molar-refractivity contribution in [2.45, 2.75) is 13.3 Å². The van der Waals surface area contributed by atoms with Crippen molar-refractivity contribution in [2.24, 2.45) is 0 Å². The SMILES string of the molecule is CCCOc1ccc(-c2cc(OC(=O)NC)on2)cc1. The van der Waals surface area contributed by atoms with Gasteiger partial charge in [0.1, 0.15) is 11.4 Å². The fourth-order valence-corrected chi connectivity index (χ4v) is 1.53. The van der Waals surface area contributed by atoms with E-state index in [1.165, 1.54) is 7.05 Å². The Morgan fingerprint density at radius 3 is 2.75 bits per heavy atom. The molecule has 1 N–H and O–H groups in total. The lowest BCUT2D eigenvalue weighted by Crippen LogP contribution is -2.21. The van der Waals surface area contributed by atoms with E-state index in [0.717, 1.165) is 17.7 Å². The average molecular weight is 276 g/mol. The van der Waals surface area contributed by atoms with Crippen LogP contribution in [-0.4, -0.2) is 24.9 Å². The van der Waals surface area contributed by atoms with Crippen molar-refractivity contribution in [3.63, 3.8) is 0 Å². The smallest absolute Gasteiger partial charge is 0.414 e. The molecule has 0 saturated heterocycles. The van der Waals surface area contributed by atoms with Crippen LogP contribution in [0.3, 0.4) is 0 Å². The van der Waals surface area contributed by atoms with Crippen LogP contribution < -0.4 is 14.8 Å². The summed E-state index contributed by atoms with van der Waals surface area (Å²) in [4.78, 5) is 11.0. The molecule has 1 heterocycles. The van der Waals surface area contributed by atoms with Crippen LogP contribution in [0.2, 0.25) is 0 Å². The average Bonchev–Trinajstić information content (AvgIpc) is 2.94. The molecule has 0 radical (unpaired) electrons. The van der Waals surface area contributed by atoms with Gasteiger partial charge in [-0.1, -0.05) is 12.1 Å². The van der Waals surface area contributed by atoms with Crippen molar-refractivity contribution in [3.8, 4) is 23.0 Å². The molecule has 0 atom stereocenters. The third-order valence-electron chi connectivity index (χ3n) is 2.51. The fraction of sp³-hybridized carbons (Fsp3) is 0.286. The zero-order valence-electron chi connectivity index (χ0n) is 11.4. The molecule has 1 aromatic heterocycles. The Hall–Kier alpha value is -2.50. The first-order valence-corrected chi connectivity index (χ1v) is 6.32. The summed E-state index contributed by atoms with van der Waals surface area (Å²) in [5, 5.41) is 6.17. The highest BCUT2D eigenvalue weighted by Gasteiger charge is 2.10. The molecule has 0 spiro atoms. The maximum atomic E-state index is 11.0. The second-order valence-electron chi connectivity index (χ2n) is 4.04. The number of benzene rings is 1. The van der Waals surface area contributed by atoms with Crippen LogP contribution >= 0.6 is 0 Å². The third-order valence-corrected chi connectivity index (χ3v) is 2.51. The van der Waals surface area contributed by atoms with Gasteiger partial charge in [0.05, 0.1) is 12.7 Å². The van der Waals surface area contributed by atoms with Gasteiger partial charge in [-0.15, -0.1) is 0 Å². The number of carbonyl (C=O) groups excluding carboxylic acids is 1. The summed E-state index contributed by atoms with van der Waals surface area (Å²) in [5.74, 6) is 0.853. The van der Waals surface area contributed by atoms with E-state index < -0.39 is 6.09 Å². The minimum absolute atomic E-state index is 0.0469. The van der Waals surface area contributed by atoms with Crippen molar-refractivity contribution in [3.05, 3.63) is 30.3 Å². The van der Waals surface area contributed by atoms with Crippen LogP contribution in [0.5, 0.6) is 11.7 Å². The van der Waals surface area contributed by atoms with Gasteiger partial charge in [0.25, 0.3) is 0 Å². The van der Waals surface area contributed by atoms with Gasteiger partial charge in [-0.3, -0.25) is 0 Å². The lowest BCUT2D eigenvalue weighted by molar-refractivity contribution is 0.183. The number of ether oxygens (including phenoxy) is 2. The molecule has 0 bridgehead atoms. The second kappa shape index (κ2) is 6.60. The van der Waals surface area contributed by atoms with Crippen molar-refractivity contribution >= 4 is 6.09 Å². The van der Waals surface area contributed by atoms with Crippen molar-refractivity contribution in [1.82, 2.24) is 10.5 Å². The van der Waals surface area contributed by atoms with E-state index in [9.17, 15) is 4.79 Å². The van der Waals surface area contributed by atoms with E-state index in [-0.39, 0.29) is 5.95 Å². The number of hydrogen-bond acceptors (Lipinski definition) is 5. The predicted octanol–water partition coefficient (Wildman–Crippen LogP) is 2.85. The summed E-state index contributed by atoms with van der Waals surface area (Å²) < 4.78 is 15.3. The highest BCUT2D eigenvalue weighted by atomic mass is 16.7. The molecule has 1 aromatic carbocycles. The molecule has 6 heteroatoms. The van der Waals surface area contributed by atoms with Gasteiger partial charge in [0.2, 0.25) is 0 Å². The molecule has 0 fully saturated rings. The molecule has 0 aliphatic carbocycles. The quantitative estimate of drug-likeness (QED) is 0.909. The molecule has 2 aromatic rings. The zero-order valence-corrected chi connectivity index (χ0v) is 11.4. The minimum atomic E-state index is -0.601. The van der Waals surface area contributed by atoms with Crippen LogP contribution in [-0.2, 0) is 0 Å². The molecule has 0 aliphatic rings. The topological polar surface area (TPSA) is 73.6 Å². The van der Waals surface area contributed by atoms with E-state index in [0.29, 0.717) is 12.3 Å². The summed E-state index contributed by atoms with van der Waals surface area (Å²) in [7, 11) is 1.47. The van der Waals surface area contributed by atoms with Gasteiger partial charge >= 0.3 is 12.0 Å². The number of amides is 1. The highest BCUT2D eigenvalue weighted by molar-refractivity contribution is 5.70. The Bertz CT molecular complexity index is 563. The van der Waals surface area contributed by atoms with E-state index in [4.69, 9.17) is 14.0 Å². The second-order valence-corrected chi connectivity index (χ2v) is 4.04. The Labute approximate surface area is 116 Å². The predicted molar refractivity (Wildman–Crippen MR) is 72.8 cm³/mol. The molecule has 0 unspecified atom stereocenters. The van der Waals surface area contributed by atoms with Gasteiger partial charge in [-0.2, -0.15) is 0 Å². The minimum Gasteiger partial charge on any atom is -0.494 e. The van der Waals surface area contributed by atoms with Crippen LogP contribution in [0, 0.1) is 0 Å². The van der Waals surface area contributed by atoms with E-state index in [1.807, 2.05) is 24.3 Å². The Morgan fingerprint density at radius 2 is 2.10 bits per heavy atom. The molecule has 0 aliphatic heterocycles. The molecule has 2 rings (SSSR count). The fourth-order valence-electron chi connectivity index (χ4n) is 1.53. The number of nitrogens with zero attached hydrogens (tertiary/aromatic N) is 1. The van der Waals surface area contributed by atoms with E-state index in [1.54, 1.807) is 6.07 Å². The van der Waals surface area contributed by atoms with Gasteiger partial charge in [-0.05, 0) is 30.7 Å². The van der Waals surface area contributed by atoms with Crippen LogP contribution in [0.15, 0.2) is 34.9 Å². The van der Waals surface area contributed by atoms with E-state index in [2.05, 4.69) is 17.4 Å². The van der Waals surface area contributed by atoms with Gasteiger partial charge < -0.3 is 19.3 Å². The number of aromatic nitrogens is 1. The highest BCUT2D eigenvalue weighted by Crippen LogP contribution is 2.25. The first kappa shape index (κ1) is 13.9. The lowest BCUT2D eigenvalue weighted by atomic mass is 10.1. The molecule has 106 valence electrons. The molecular formula is C14H16N2O4. The maximum Gasteiger partial charge on any atom is 0.414 e. The number of nitrogens with one attached hydrogen (secondary N) is 1.